The fourth-order valence-electron chi connectivity index (χ4n) is 2.53. The molecule has 1 amide bonds. The topological polar surface area (TPSA) is 52.6 Å². The fraction of sp³-hybridized carbons (Fsp3) is 0.952. The van der Waals surface area contributed by atoms with Gasteiger partial charge in [0.1, 0.15) is 0 Å². The van der Waals surface area contributed by atoms with Gasteiger partial charge >= 0.3 is 6.09 Å². The molecule has 152 valence electrons. The van der Waals surface area contributed by atoms with Crippen molar-refractivity contribution in [2.24, 2.45) is 0 Å². The standard InChI is InChI=1S/C11H23NO2.C10H23N/c1-3-5-7-9-12(11(13)14)10-8-6-4-2;1-3-5-7-9-11-10-8-6-4-2/h3-10H2,1-2H3,(H,13,14);11H,3-10H2,1-2H3. The predicted molar refractivity (Wildman–Crippen MR) is 111 cm³/mol. The van der Waals surface area contributed by atoms with Crippen molar-refractivity contribution in [3.05, 3.63) is 0 Å². The van der Waals surface area contributed by atoms with Crippen LogP contribution in [0.4, 0.5) is 4.79 Å². The van der Waals surface area contributed by atoms with Crippen molar-refractivity contribution in [1.82, 2.24) is 10.2 Å². The number of hydrogen-bond donors (Lipinski definition) is 2. The maximum Gasteiger partial charge on any atom is 0.407 e. The number of unbranched alkanes of at least 4 members (excludes halogenated alkanes) is 8. The summed E-state index contributed by atoms with van der Waals surface area (Å²) in [5.74, 6) is 0. The number of carbonyl (C=O) groups is 1. The zero-order chi connectivity index (χ0) is 19.2. The molecule has 0 fully saturated rings. The summed E-state index contributed by atoms with van der Waals surface area (Å²) in [4.78, 5) is 12.4. The van der Waals surface area contributed by atoms with Gasteiger partial charge < -0.3 is 15.3 Å². The molecule has 0 bridgehead atoms. The van der Waals surface area contributed by atoms with Gasteiger partial charge in [-0.3, -0.25) is 0 Å². The van der Waals surface area contributed by atoms with E-state index in [1.807, 2.05) is 0 Å². The molecule has 4 nitrogen and oxygen atoms in total. The normalized spacial score (nSPS) is 10.2. The van der Waals surface area contributed by atoms with E-state index in [0.717, 1.165) is 38.5 Å². The van der Waals surface area contributed by atoms with Crippen molar-refractivity contribution in [1.29, 1.82) is 0 Å². The summed E-state index contributed by atoms with van der Waals surface area (Å²) in [7, 11) is 0. The number of nitrogens with zero attached hydrogens (tertiary/aromatic N) is 1. The molecule has 0 aromatic rings. The van der Waals surface area contributed by atoms with Crippen LogP contribution < -0.4 is 5.32 Å². The molecule has 0 aromatic carbocycles. The molecule has 0 spiro atoms. The largest absolute Gasteiger partial charge is 0.465 e. The summed E-state index contributed by atoms with van der Waals surface area (Å²) in [6.45, 7) is 12.6. The van der Waals surface area contributed by atoms with E-state index in [1.54, 1.807) is 4.90 Å². The maximum absolute atomic E-state index is 10.8. The summed E-state index contributed by atoms with van der Waals surface area (Å²) in [5.41, 5.74) is 0. The second-order valence-electron chi connectivity index (χ2n) is 6.85. The molecule has 0 atom stereocenters. The van der Waals surface area contributed by atoms with Gasteiger partial charge in [-0.15, -0.1) is 0 Å². The Morgan fingerprint density at radius 3 is 1.36 bits per heavy atom. The highest BCUT2D eigenvalue weighted by atomic mass is 16.4. The average Bonchev–Trinajstić information content (AvgIpc) is 2.60. The quantitative estimate of drug-likeness (QED) is 0.318. The van der Waals surface area contributed by atoms with Gasteiger partial charge in [0.15, 0.2) is 0 Å². The van der Waals surface area contributed by atoms with Crippen LogP contribution in [0.3, 0.4) is 0 Å². The minimum absolute atomic E-state index is 0.701. The molecule has 0 saturated heterocycles. The SMILES string of the molecule is CCCCCN(CCCCC)C(=O)O.CCCCCNCCCCC. The Balaban J connectivity index is 0. The summed E-state index contributed by atoms with van der Waals surface area (Å²) >= 11 is 0. The third-order valence-corrected chi connectivity index (χ3v) is 4.25. The van der Waals surface area contributed by atoms with Crippen molar-refractivity contribution < 1.29 is 9.90 Å². The van der Waals surface area contributed by atoms with E-state index in [9.17, 15) is 4.79 Å². The van der Waals surface area contributed by atoms with Crippen LogP contribution in [0.5, 0.6) is 0 Å². The fourth-order valence-corrected chi connectivity index (χ4v) is 2.53. The smallest absolute Gasteiger partial charge is 0.407 e. The van der Waals surface area contributed by atoms with E-state index in [0.29, 0.717) is 13.1 Å². The molecule has 0 heterocycles. The Bertz CT molecular complexity index is 242. The van der Waals surface area contributed by atoms with Crippen LogP contribution in [0.2, 0.25) is 0 Å². The van der Waals surface area contributed by atoms with Gasteiger partial charge in [0, 0.05) is 13.1 Å². The zero-order valence-electron chi connectivity index (χ0n) is 17.6. The number of amides is 1. The van der Waals surface area contributed by atoms with Gasteiger partial charge in [0.05, 0.1) is 0 Å². The average molecular weight is 359 g/mol. The summed E-state index contributed by atoms with van der Waals surface area (Å²) in [6.07, 6.45) is 13.9. The van der Waals surface area contributed by atoms with E-state index in [4.69, 9.17) is 5.11 Å². The molecular weight excluding hydrogens is 312 g/mol. The van der Waals surface area contributed by atoms with E-state index in [2.05, 4.69) is 33.0 Å². The Labute approximate surface area is 157 Å². The maximum atomic E-state index is 10.8. The van der Waals surface area contributed by atoms with E-state index >= 15 is 0 Å². The molecule has 0 radical (unpaired) electrons. The molecule has 0 aliphatic heterocycles. The first kappa shape index (κ1) is 26.5. The highest BCUT2D eigenvalue weighted by Gasteiger charge is 2.09. The molecule has 4 heteroatoms. The molecule has 0 saturated carbocycles. The highest BCUT2D eigenvalue weighted by molar-refractivity contribution is 5.64. The Morgan fingerprint density at radius 2 is 1.04 bits per heavy atom. The lowest BCUT2D eigenvalue weighted by molar-refractivity contribution is 0.143. The molecule has 2 N–H and O–H groups in total. The molecule has 0 aliphatic carbocycles. The minimum atomic E-state index is -0.766. The molecule has 0 rings (SSSR count). The summed E-state index contributed by atoms with van der Waals surface area (Å²) < 4.78 is 0. The van der Waals surface area contributed by atoms with Crippen molar-refractivity contribution in [3.8, 4) is 0 Å². The predicted octanol–water partition coefficient (Wildman–Crippen LogP) is 6.30. The summed E-state index contributed by atoms with van der Waals surface area (Å²) in [6, 6.07) is 0. The van der Waals surface area contributed by atoms with Crippen LogP contribution >= 0.6 is 0 Å². The van der Waals surface area contributed by atoms with Crippen molar-refractivity contribution in [2.45, 2.75) is 105 Å². The third-order valence-electron chi connectivity index (χ3n) is 4.25. The monoisotopic (exact) mass is 358 g/mol. The van der Waals surface area contributed by atoms with Gasteiger partial charge in [0.25, 0.3) is 0 Å². The first-order valence-electron chi connectivity index (χ1n) is 10.8. The Kier molecular flexibility index (Phi) is 24.6. The number of rotatable bonds is 16. The number of nitrogens with one attached hydrogen (secondary N) is 1. The second kappa shape index (κ2) is 23.2. The Hall–Kier alpha value is -0.770. The van der Waals surface area contributed by atoms with E-state index in [-0.39, 0.29) is 0 Å². The van der Waals surface area contributed by atoms with E-state index in [1.165, 1.54) is 51.6 Å². The van der Waals surface area contributed by atoms with Crippen LogP contribution in [0.1, 0.15) is 105 Å². The van der Waals surface area contributed by atoms with Crippen LogP contribution in [0.25, 0.3) is 0 Å². The number of carboxylic acid groups (broad SMARTS) is 1. The highest BCUT2D eigenvalue weighted by Crippen LogP contribution is 2.02. The number of hydrogen-bond acceptors (Lipinski definition) is 2. The van der Waals surface area contributed by atoms with Gasteiger partial charge in [0.2, 0.25) is 0 Å². The van der Waals surface area contributed by atoms with Crippen LogP contribution in [-0.4, -0.2) is 42.3 Å². The van der Waals surface area contributed by atoms with Gasteiger partial charge in [-0.2, -0.15) is 0 Å². The van der Waals surface area contributed by atoms with E-state index < -0.39 is 6.09 Å². The molecule has 25 heavy (non-hydrogen) atoms. The lowest BCUT2D eigenvalue weighted by atomic mass is 10.2. The first-order valence-corrected chi connectivity index (χ1v) is 10.8. The molecule has 0 aromatic heterocycles. The third kappa shape index (κ3) is 23.2. The van der Waals surface area contributed by atoms with Crippen LogP contribution in [0, 0.1) is 0 Å². The van der Waals surface area contributed by atoms with Gasteiger partial charge in [-0.05, 0) is 38.8 Å². The minimum Gasteiger partial charge on any atom is -0.465 e. The first-order chi connectivity index (χ1) is 12.1. The Morgan fingerprint density at radius 1 is 0.680 bits per heavy atom. The molecule has 0 unspecified atom stereocenters. The lowest BCUT2D eigenvalue weighted by Crippen LogP contribution is -2.31. The van der Waals surface area contributed by atoms with Crippen molar-refractivity contribution >= 4 is 6.09 Å². The zero-order valence-corrected chi connectivity index (χ0v) is 17.6. The van der Waals surface area contributed by atoms with Crippen LogP contribution in [0.15, 0.2) is 0 Å². The molecular formula is C21H46N2O2. The van der Waals surface area contributed by atoms with Crippen molar-refractivity contribution in [2.75, 3.05) is 26.2 Å². The summed E-state index contributed by atoms with van der Waals surface area (Å²) in [5, 5.41) is 12.4. The lowest BCUT2D eigenvalue weighted by Gasteiger charge is -2.18. The van der Waals surface area contributed by atoms with Crippen molar-refractivity contribution in [3.63, 3.8) is 0 Å². The molecule has 0 aliphatic rings. The van der Waals surface area contributed by atoms with Gasteiger partial charge in [-0.1, -0.05) is 79.1 Å². The van der Waals surface area contributed by atoms with Gasteiger partial charge in [-0.25, -0.2) is 4.79 Å². The van der Waals surface area contributed by atoms with Crippen LogP contribution in [-0.2, 0) is 0 Å². The second-order valence-corrected chi connectivity index (χ2v) is 6.85.